The van der Waals surface area contributed by atoms with Crippen LogP contribution in [0.1, 0.15) is 176 Å². The van der Waals surface area contributed by atoms with Crippen LogP contribution in [0.5, 0.6) is 0 Å². The molecule has 2 heterocycles. The van der Waals surface area contributed by atoms with Crippen LogP contribution in [-0.4, -0.2) is 176 Å². The fraction of sp³-hybridized carbons (Fsp3) is 0.485. The second-order valence-electron chi connectivity index (χ2n) is 36.1. The summed E-state index contributed by atoms with van der Waals surface area (Å²) in [5.41, 5.74) is 2.50. The van der Waals surface area contributed by atoms with Gasteiger partial charge in [0, 0.05) is 90.9 Å². The van der Waals surface area contributed by atoms with Crippen molar-refractivity contribution in [1.29, 1.82) is 0 Å². The van der Waals surface area contributed by atoms with E-state index in [9.17, 15) is 75.4 Å². The van der Waals surface area contributed by atoms with Gasteiger partial charge in [0.1, 0.15) is 23.3 Å². The van der Waals surface area contributed by atoms with Crippen molar-refractivity contribution in [3.63, 3.8) is 0 Å². The van der Waals surface area contributed by atoms with E-state index in [4.69, 9.17) is 50.3 Å². The first kappa shape index (κ1) is 122. The van der Waals surface area contributed by atoms with Crippen LogP contribution in [0.2, 0.25) is 0 Å². The van der Waals surface area contributed by atoms with Gasteiger partial charge in [0.15, 0.2) is 51.6 Å². The fourth-order valence-electron chi connectivity index (χ4n) is 17.4. The van der Waals surface area contributed by atoms with Crippen LogP contribution in [0.3, 0.4) is 0 Å². The molecule has 8 aromatic rings. The Hall–Kier alpha value is -8.91. The molecule has 144 heavy (non-hydrogen) atoms. The summed E-state index contributed by atoms with van der Waals surface area (Å²) in [6.45, 7) is 12.7. The van der Waals surface area contributed by atoms with E-state index in [1.54, 1.807) is 48.3 Å². The first-order valence-corrected chi connectivity index (χ1v) is 58.9. The number of carbonyl (C=O) groups excluding carboxylic acids is 10. The van der Waals surface area contributed by atoms with Gasteiger partial charge in [-0.25, -0.2) is 19.1 Å². The number of nitrogens with zero attached hydrogens (tertiary/aromatic N) is 4. The molecule has 0 aliphatic heterocycles. The number of amides is 6. The Morgan fingerprint density at radius 2 is 0.736 bits per heavy atom. The van der Waals surface area contributed by atoms with Gasteiger partial charge in [-0.2, -0.15) is 0 Å². The number of carbonyl (C=O) groups is 10. The van der Waals surface area contributed by atoms with E-state index < -0.39 is 172 Å². The molecule has 2 aliphatic rings. The number of aryl methyl sites for hydroxylation is 2. The van der Waals surface area contributed by atoms with Gasteiger partial charge in [-0.15, -0.1) is 23.2 Å². The largest absolute Gasteiger partial charge is 0.560 e. The summed E-state index contributed by atoms with van der Waals surface area (Å²) >= 11 is 11.6. The SMILES string of the molecule is CNC(=O)[C@@H](CC(=O)[C@H](COC(c1ccccc1)(c1ccccc1)c1ccccc1)NC(=O)[C@@H](CC(=O)[C@H](CC(C)C)NC(=O)C1CCCC1)Cc1cn(C)cn1)[C@@H](C)OP(=O)(O)O[P+](C)=O.CNC(=O)[C@@H](CC(=O)[C@H](COC(c1ccccc1)(c1ccccc1)c1ccccc1)NC(=O)[C@@H](CC(=O)[C@H](CC(C)C)NC(=O)C1CCCC1)Cc1cn(C)cn1)[C@@H](C)OP(=O)(O[P+](C)=O)O[P+](C)=O.ClCCl.O=PCI. The highest BCUT2D eigenvalue weighted by atomic mass is 127. The second kappa shape index (κ2) is 61.8. The first-order chi connectivity index (χ1) is 68.6. The standard InChI is InChI=1S/C50H64N5O12P3.C49H63N5O11P2.CH2Cl2.CH2IOP/c1-34(2)27-43(53-47(58)36-19-17-18-20-36)45(56)29-37(28-41-31-55(5)33-52-41)48(59)54-44(46(57)30-42(49(60)51-4)35(3)65-70(63,66-68(6)61)67-69(7)62)32-64-50(38-21-11-8-12-22-38,39-23-13-9-14-24-39)40-25-15-10-16-26-40;1-33(2)26-42(52-46(57)35-18-16-17-19-35)44(55)28-36(27-40-30-54(5)32-51-40)47(58)53-43(45(56)29-41(48(59)50-4)34(3)64-67(61,62)65-66(6)60)31-63-49(37-20-10-7-11-21-37,38-22-12-8-13-23-38)39-24-14-9-15-25-39;2-1-3;2-1-4-3/h8-16,21-26,31,33-37,42-44H,17-20,27-30,32H2,1-7H3,(H-2,51,53,54,58,59,60);7-15,20-25,30,32-36,41-43H,16-19,26-29,31H2,1-6H3,(H3-,50,52,53,57,58,59,61,62);1H2;1H2/p+3/t35-,37-,42+,43+,44+;34-,36-,41+,42+,43+;;/m11../s1. The molecule has 4 unspecified atom stereocenters. The Balaban J connectivity index is 0.000000367. The Morgan fingerprint density at radius 1 is 0.458 bits per heavy atom. The number of imidazole rings is 2. The van der Waals surface area contributed by atoms with Crippen molar-refractivity contribution >= 4 is 153 Å². The van der Waals surface area contributed by atoms with Gasteiger partial charge in [0.2, 0.25) is 35.4 Å². The topological polar surface area (TPSA) is 466 Å². The number of ether oxygens (including phenoxy) is 2. The maximum absolute atomic E-state index is 15.1. The highest BCUT2D eigenvalue weighted by molar-refractivity contribution is 14.1. The molecule has 0 radical (unpaired) electrons. The minimum Gasteiger partial charge on any atom is -0.359 e. The van der Waals surface area contributed by atoms with Gasteiger partial charge in [0.05, 0.1) is 94.7 Å². The maximum Gasteiger partial charge on any atom is 0.560 e. The van der Waals surface area contributed by atoms with Crippen molar-refractivity contribution in [2.24, 2.45) is 61.4 Å². The molecular formula is C101H134Cl2IN10O24P6+3. The van der Waals surface area contributed by atoms with E-state index >= 15 is 4.79 Å². The summed E-state index contributed by atoms with van der Waals surface area (Å²) in [6, 6.07) is 51.5. The van der Waals surface area contributed by atoms with Crippen LogP contribution >= 0.6 is 94.0 Å². The quantitative estimate of drug-likeness (QED) is 0.00805. The fourth-order valence-corrected chi connectivity index (χ4v) is 22.8. The molecule has 10 rings (SSSR count). The summed E-state index contributed by atoms with van der Waals surface area (Å²) in [6.07, 6.45) is 9.24. The molecule has 7 N–H and O–H groups in total. The first-order valence-electron chi connectivity index (χ1n) is 47.5. The highest BCUT2D eigenvalue weighted by Gasteiger charge is 2.50. The van der Waals surface area contributed by atoms with E-state index in [1.165, 1.54) is 27.9 Å². The van der Waals surface area contributed by atoms with Crippen molar-refractivity contribution in [2.45, 2.75) is 192 Å². The third-order valence-corrected chi connectivity index (χ3v) is 31.5. The van der Waals surface area contributed by atoms with E-state index in [-0.39, 0.29) is 86.5 Å². The minimum atomic E-state index is -4.96. The smallest absolute Gasteiger partial charge is 0.359 e. The van der Waals surface area contributed by atoms with Crippen molar-refractivity contribution in [2.75, 3.05) is 56.8 Å². The van der Waals surface area contributed by atoms with E-state index in [0.29, 0.717) is 61.8 Å². The molecule has 6 amide bonds. The molecule has 14 atom stereocenters. The van der Waals surface area contributed by atoms with Gasteiger partial charge in [0.25, 0.3) is 0 Å². The average molecular weight is 2260 g/mol. The van der Waals surface area contributed by atoms with Crippen LogP contribution in [0.4, 0.5) is 0 Å². The summed E-state index contributed by atoms with van der Waals surface area (Å²) in [7, 11) is -11.2. The number of alkyl halides is 3. The number of nitrogens with one attached hydrogen (secondary N) is 6. The van der Waals surface area contributed by atoms with Gasteiger partial charge in [-0.3, -0.25) is 61.6 Å². The summed E-state index contributed by atoms with van der Waals surface area (Å²) < 4.78 is 115. The lowest BCUT2D eigenvalue weighted by atomic mass is 9.80. The number of Topliss-reactive ketones (excluding diaryl/α,β-unsaturated/α-hetero) is 4. The van der Waals surface area contributed by atoms with Gasteiger partial charge in [-0.1, -0.05) is 258 Å². The molecule has 2 fully saturated rings. The maximum atomic E-state index is 15.1. The Kier molecular flexibility index (Phi) is 52.3. The van der Waals surface area contributed by atoms with Gasteiger partial charge in [-0.05, 0) is 124 Å². The van der Waals surface area contributed by atoms with Gasteiger partial charge >= 0.3 is 39.7 Å². The molecule has 0 bridgehead atoms. The van der Waals surface area contributed by atoms with E-state index in [2.05, 4.69) is 46.2 Å². The second-order valence-corrected chi connectivity index (χ2v) is 46.3. The van der Waals surface area contributed by atoms with E-state index in [0.717, 1.165) is 71.4 Å². The van der Waals surface area contributed by atoms with Crippen LogP contribution in [0.25, 0.3) is 0 Å². The third-order valence-electron chi connectivity index (χ3n) is 24.2. The van der Waals surface area contributed by atoms with Crippen molar-refractivity contribution in [3.8, 4) is 0 Å². The van der Waals surface area contributed by atoms with Crippen LogP contribution in [-0.2, 0) is 145 Å². The zero-order valence-corrected chi connectivity index (χ0v) is 92.3. The van der Waals surface area contributed by atoms with Crippen molar-refractivity contribution in [3.05, 3.63) is 252 Å². The number of phosphoric acid groups is 2. The Morgan fingerprint density at radius 3 is 0.986 bits per heavy atom. The summed E-state index contributed by atoms with van der Waals surface area (Å²) in [5, 5.41) is 16.9. The molecule has 6 aromatic carbocycles. The zero-order valence-electron chi connectivity index (χ0n) is 83.3. The number of phosphoric ester groups is 1. The molecule has 0 saturated heterocycles. The van der Waals surface area contributed by atoms with Crippen molar-refractivity contribution < 1.29 is 112 Å². The van der Waals surface area contributed by atoms with Crippen molar-refractivity contribution in [1.82, 2.24) is 51.0 Å². The molecule has 34 nitrogen and oxygen atoms in total. The molecule has 0 spiro atoms. The van der Waals surface area contributed by atoms with Crippen LogP contribution in [0.15, 0.2) is 207 Å². The predicted molar refractivity (Wildman–Crippen MR) is 561 cm³/mol. The highest BCUT2D eigenvalue weighted by Crippen LogP contribution is 2.62. The number of benzene rings is 6. The third kappa shape index (κ3) is 38.7. The molecule has 43 heteroatoms. The zero-order chi connectivity index (χ0) is 106. The average Bonchev–Trinajstić information content (AvgIpc) is 1.75. The van der Waals surface area contributed by atoms with E-state index in [1.807, 2.05) is 232 Å². The van der Waals surface area contributed by atoms with Gasteiger partial charge < -0.3 is 55.4 Å². The molecular weight excluding hydrogens is 2120 g/mol. The molecule has 780 valence electrons. The number of rotatable bonds is 55. The van der Waals surface area contributed by atoms with Crippen LogP contribution in [0, 0.1) is 47.3 Å². The lowest BCUT2D eigenvalue weighted by molar-refractivity contribution is -0.137. The minimum absolute atomic E-state index is 0.00431. The summed E-state index contributed by atoms with van der Waals surface area (Å²) in [4.78, 5) is 162. The number of ketones is 4. The van der Waals surface area contributed by atoms with Crippen LogP contribution < -0.4 is 31.9 Å². The molecule has 2 aromatic heterocycles. The lowest BCUT2D eigenvalue weighted by Crippen LogP contribution is -2.51. The number of aromatic nitrogens is 4. The monoisotopic (exact) mass is 2250 g/mol. The predicted octanol–water partition coefficient (Wildman–Crippen LogP) is 18.4. The Labute approximate surface area is 871 Å². The number of hydrogen-bond acceptors (Lipinski definition) is 25. The molecule has 2 saturated carbocycles. The lowest BCUT2D eigenvalue weighted by Gasteiger charge is -2.37. The Bertz CT molecular complexity index is 5390. The normalized spacial score (nSPS) is 16.1. The number of halogens is 3. The summed E-state index contributed by atoms with van der Waals surface area (Å²) in [5.74, 6) is -10.7. The number of hydrogen-bond donors (Lipinski definition) is 7. The molecule has 2 aliphatic carbocycles.